The number of carbonyl (C=O) groups excluding carboxylic acids is 1. The molecule has 0 amide bonds. The van der Waals surface area contributed by atoms with Gasteiger partial charge in [0.15, 0.2) is 0 Å². The highest BCUT2D eigenvalue weighted by Crippen LogP contribution is 2.21. The van der Waals surface area contributed by atoms with Gasteiger partial charge < -0.3 is 14.7 Å². The van der Waals surface area contributed by atoms with E-state index in [-0.39, 0.29) is 25.2 Å². The largest absolute Gasteiger partial charge is 0.480 e. The van der Waals surface area contributed by atoms with Crippen molar-refractivity contribution in [3.63, 3.8) is 0 Å². The molecule has 1 aliphatic rings. The fourth-order valence-electron chi connectivity index (χ4n) is 2.60. The Morgan fingerprint density at radius 2 is 1.76 bits per heavy atom. The van der Waals surface area contributed by atoms with Crippen LogP contribution in [0.2, 0.25) is 0 Å². The number of esters is 1. The van der Waals surface area contributed by atoms with Crippen LogP contribution < -0.4 is 4.90 Å². The number of carboxylic acid groups (broad SMARTS) is 1. The predicted octanol–water partition coefficient (Wildman–Crippen LogP) is 2.45. The summed E-state index contributed by atoms with van der Waals surface area (Å²) < 4.78 is 5.45. The van der Waals surface area contributed by atoms with E-state index in [1.165, 1.54) is 11.3 Å². The van der Waals surface area contributed by atoms with Crippen LogP contribution in [0.1, 0.15) is 32.1 Å². The van der Waals surface area contributed by atoms with Gasteiger partial charge >= 0.3 is 11.9 Å². The maximum atomic E-state index is 12.0. The summed E-state index contributed by atoms with van der Waals surface area (Å²) in [6.07, 6.45) is 5.20. The van der Waals surface area contributed by atoms with Crippen molar-refractivity contribution < 1.29 is 19.4 Å². The maximum absolute atomic E-state index is 12.0. The van der Waals surface area contributed by atoms with Crippen LogP contribution in [0.15, 0.2) is 30.3 Å². The third kappa shape index (κ3) is 5.10. The van der Waals surface area contributed by atoms with Gasteiger partial charge in [0.1, 0.15) is 19.2 Å². The van der Waals surface area contributed by atoms with Crippen LogP contribution in [-0.4, -0.2) is 36.2 Å². The lowest BCUT2D eigenvalue weighted by molar-refractivity contribution is -0.148. The van der Waals surface area contributed by atoms with E-state index in [1.54, 1.807) is 12.1 Å². The summed E-state index contributed by atoms with van der Waals surface area (Å²) in [5.41, 5.74) is 0.709. The normalized spacial score (nSPS) is 15.4. The molecule has 0 aliphatic heterocycles. The minimum Gasteiger partial charge on any atom is -0.480 e. The minimum atomic E-state index is -0.968. The van der Waals surface area contributed by atoms with Gasteiger partial charge in [0.25, 0.3) is 0 Å². The standard InChI is InChI=1S/C16H21NO4/c18-15(19)11-17(13-7-3-1-4-8-13)12-16(20)21-14-9-5-2-6-10-14/h1,3-4,7-8,14H,2,5-6,9-12H2,(H,18,19). The lowest BCUT2D eigenvalue weighted by Gasteiger charge is -2.25. The van der Waals surface area contributed by atoms with E-state index in [2.05, 4.69) is 0 Å². The Balaban J connectivity index is 1.94. The average Bonchev–Trinajstić information content (AvgIpc) is 2.48. The molecule has 0 spiro atoms. The topological polar surface area (TPSA) is 66.8 Å². The van der Waals surface area contributed by atoms with Crippen LogP contribution in [0.5, 0.6) is 0 Å². The molecule has 0 saturated heterocycles. The number of hydrogen-bond acceptors (Lipinski definition) is 4. The molecule has 5 heteroatoms. The molecule has 114 valence electrons. The highest BCUT2D eigenvalue weighted by atomic mass is 16.5. The van der Waals surface area contributed by atoms with Gasteiger partial charge in [-0.3, -0.25) is 9.59 Å². The number of hydrogen-bond donors (Lipinski definition) is 1. The zero-order valence-electron chi connectivity index (χ0n) is 12.0. The first-order valence-corrected chi connectivity index (χ1v) is 7.36. The molecule has 0 atom stereocenters. The summed E-state index contributed by atoms with van der Waals surface area (Å²) in [4.78, 5) is 24.5. The number of anilines is 1. The predicted molar refractivity (Wildman–Crippen MR) is 79.3 cm³/mol. The quantitative estimate of drug-likeness (QED) is 0.815. The van der Waals surface area contributed by atoms with Crippen molar-refractivity contribution in [1.29, 1.82) is 0 Å². The van der Waals surface area contributed by atoms with Crippen molar-refractivity contribution in [3.8, 4) is 0 Å². The highest BCUT2D eigenvalue weighted by Gasteiger charge is 2.20. The van der Waals surface area contributed by atoms with E-state index < -0.39 is 5.97 Å². The molecule has 0 heterocycles. The van der Waals surface area contributed by atoms with Crippen molar-refractivity contribution in [2.24, 2.45) is 0 Å². The fourth-order valence-corrected chi connectivity index (χ4v) is 2.60. The van der Waals surface area contributed by atoms with E-state index in [4.69, 9.17) is 9.84 Å². The first-order chi connectivity index (χ1) is 10.1. The smallest absolute Gasteiger partial charge is 0.325 e. The van der Waals surface area contributed by atoms with Gasteiger partial charge in [-0.1, -0.05) is 24.6 Å². The summed E-state index contributed by atoms with van der Waals surface area (Å²) >= 11 is 0. The van der Waals surface area contributed by atoms with Crippen LogP contribution >= 0.6 is 0 Å². The number of rotatable bonds is 6. The SMILES string of the molecule is O=C(O)CN(CC(=O)OC1CCCCC1)c1ccccc1. The molecular formula is C16H21NO4. The van der Waals surface area contributed by atoms with Gasteiger partial charge in [-0.2, -0.15) is 0 Å². The Labute approximate surface area is 124 Å². The van der Waals surface area contributed by atoms with Gasteiger partial charge in [-0.25, -0.2) is 0 Å². The number of para-hydroxylation sites is 1. The molecule has 2 rings (SSSR count). The van der Waals surface area contributed by atoms with Crippen molar-refractivity contribution in [1.82, 2.24) is 0 Å². The minimum absolute atomic E-state index is 0.00583. The lowest BCUT2D eigenvalue weighted by atomic mass is 9.98. The Morgan fingerprint density at radius 3 is 2.38 bits per heavy atom. The van der Waals surface area contributed by atoms with Gasteiger partial charge in [0.2, 0.25) is 0 Å². The average molecular weight is 291 g/mol. The van der Waals surface area contributed by atoms with Gasteiger partial charge in [0.05, 0.1) is 0 Å². The molecule has 1 fully saturated rings. The maximum Gasteiger partial charge on any atom is 0.325 e. The molecule has 1 aliphatic carbocycles. The number of ether oxygens (including phenoxy) is 1. The van der Waals surface area contributed by atoms with Crippen LogP contribution in [0.3, 0.4) is 0 Å². The second kappa shape index (κ2) is 7.67. The number of benzene rings is 1. The monoisotopic (exact) mass is 291 g/mol. The molecule has 1 N–H and O–H groups in total. The summed E-state index contributed by atoms with van der Waals surface area (Å²) in [5.74, 6) is -1.32. The summed E-state index contributed by atoms with van der Waals surface area (Å²) in [5, 5.41) is 8.99. The van der Waals surface area contributed by atoms with E-state index >= 15 is 0 Å². The fraction of sp³-hybridized carbons (Fsp3) is 0.500. The van der Waals surface area contributed by atoms with Crippen LogP contribution in [-0.2, 0) is 14.3 Å². The number of carbonyl (C=O) groups is 2. The summed E-state index contributed by atoms with van der Waals surface area (Å²) in [7, 11) is 0. The highest BCUT2D eigenvalue weighted by molar-refractivity contribution is 5.80. The van der Waals surface area contributed by atoms with Gasteiger partial charge in [0, 0.05) is 5.69 Å². The molecule has 0 aromatic heterocycles. The molecule has 1 saturated carbocycles. The molecule has 0 unspecified atom stereocenters. The van der Waals surface area contributed by atoms with E-state index in [0.717, 1.165) is 25.7 Å². The Morgan fingerprint density at radius 1 is 1.10 bits per heavy atom. The molecule has 1 aromatic rings. The first kappa shape index (κ1) is 15.4. The zero-order valence-corrected chi connectivity index (χ0v) is 12.0. The van der Waals surface area contributed by atoms with E-state index in [9.17, 15) is 9.59 Å². The molecule has 0 bridgehead atoms. The van der Waals surface area contributed by atoms with Crippen LogP contribution in [0.25, 0.3) is 0 Å². The molecule has 1 aromatic carbocycles. The Bertz CT molecular complexity index is 468. The first-order valence-electron chi connectivity index (χ1n) is 7.36. The second-order valence-corrected chi connectivity index (χ2v) is 5.34. The molecule has 0 radical (unpaired) electrons. The van der Waals surface area contributed by atoms with Crippen molar-refractivity contribution in [3.05, 3.63) is 30.3 Å². The molecular weight excluding hydrogens is 270 g/mol. The number of nitrogens with zero attached hydrogens (tertiary/aromatic N) is 1. The molecule has 21 heavy (non-hydrogen) atoms. The van der Waals surface area contributed by atoms with E-state index in [0.29, 0.717) is 5.69 Å². The zero-order chi connectivity index (χ0) is 15.1. The summed E-state index contributed by atoms with van der Waals surface area (Å²) in [6, 6.07) is 9.06. The van der Waals surface area contributed by atoms with Crippen LogP contribution in [0, 0.1) is 0 Å². The van der Waals surface area contributed by atoms with Crippen molar-refractivity contribution in [2.75, 3.05) is 18.0 Å². The second-order valence-electron chi connectivity index (χ2n) is 5.34. The molecule has 5 nitrogen and oxygen atoms in total. The summed E-state index contributed by atoms with van der Waals surface area (Å²) in [6.45, 7) is -0.253. The number of carboxylic acids is 1. The van der Waals surface area contributed by atoms with Gasteiger partial charge in [-0.15, -0.1) is 0 Å². The third-order valence-corrected chi connectivity index (χ3v) is 3.62. The van der Waals surface area contributed by atoms with E-state index in [1.807, 2.05) is 18.2 Å². The van der Waals surface area contributed by atoms with Crippen molar-refractivity contribution >= 4 is 17.6 Å². The Hall–Kier alpha value is -2.04. The Kier molecular flexibility index (Phi) is 5.60. The third-order valence-electron chi connectivity index (χ3n) is 3.62. The number of aliphatic carboxylic acids is 1. The van der Waals surface area contributed by atoms with Crippen LogP contribution in [0.4, 0.5) is 5.69 Å². The van der Waals surface area contributed by atoms with Crippen molar-refractivity contribution in [2.45, 2.75) is 38.2 Å². The van der Waals surface area contributed by atoms with Gasteiger partial charge in [-0.05, 0) is 37.8 Å². The lowest BCUT2D eigenvalue weighted by Crippen LogP contribution is -2.36.